The number of aryl methyl sites for hydroxylation is 1. The number of furan rings is 1. The zero-order valence-corrected chi connectivity index (χ0v) is 15.6. The van der Waals surface area contributed by atoms with Gasteiger partial charge in [0, 0.05) is 20.0 Å². The molecule has 0 saturated carbocycles. The molecule has 3 rings (SSSR count). The van der Waals surface area contributed by atoms with Crippen LogP contribution in [0, 0.1) is 6.92 Å². The highest BCUT2D eigenvalue weighted by atomic mass is 16.3. The summed E-state index contributed by atoms with van der Waals surface area (Å²) in [6, 6.07) is 13.5. The number of hydrogen-bond donors (Lipinski definition) is 1. The normalized spacial score (nSPS) is 17.6. The molecule has 2 amide bonds. The van der Waals surface area contributed by atoms with Crippen LogP contribution in [-0.2, 0) is 15.0 Å². The number of benzene rings is 1. The summed E-state index contributed by atoms with van der Waals surface area (Å²) in [5.41, 5.74) is 0.381. The molecule has 5 nitrogen and oxygen atoms in total. The lowest BCUT2D eigenvalue weighted by molar-refractivity contribution is -0.135. The van der Waals surface area contributed by atoms with Gasteiger partial charge in [0.05, 0.1) is 11.5 Å². The van der Waals surface area contributed by atoms with Crippen molar-refractivity contribution >= 4 is 11.8 Å². The van der Waals surface area contributed by atoms with Crippen LogP contribution in [0.3, 0.4) is 0 Å². The third kappa shape index (κ3) is 3.52. The van der Waals surface area contributed by atoms with Crippen LogP contribution < -0.4 is 5.32 Å². The van der Waals surface area contributed by atoms with Crippen molar-refractivity contribution in [3.05, 3.63) is 59.5 Å². The summed E-state index contributed by atoms with van der Waals surface area (Å²) in [5, 5.41) is 3.13. The average molecular weight is 354 g/mol. The predicted octanol–water partition coefficient (Wildman–Crippen LogP) is 3.35. The Bertz CT molecular complexity index is 774. The Morgan fingerprint density at radius 3 is 2.31 bits per heavy atom. The largest absolute Gasteiger partial charge is 0.464 e. The summed E-state index contributed by atoms with van der Waals surface area (Å²) < 4.78 is 5.65. The maximum absolute atomic E-state index is 13.3. The first kappa shape index (κ1) is 18.2. The van der Waals surface area contributed by atoms with Crippen LogP contribution in [0.15, 0.2) is 46.9 Å². The first-order valence-corrected chi connectivity index (χ1v) is 9.11. The molecule has 1 N–H and O–H groups in total. The standard InChI is InChI=1S/C21H26N2O3/c1-15-9-10-19(26-15)16(2)22-20(25)21(18-7-5-4-6-8-18)11-13-23(14-12-21)17(3)24/h4-10,16H,11-14H2,1-3H3,(H,22,25). The summed E-state index contributed by atoms with van der Waals surface area (Å²) >= 11 is 0. The number of rotatable bonds is 4. The van der Waals surface area contributed by atoms with Gasteiger partial charge in [-0.1, -0.05) is 30.3 Å². The Hall–Kier alpha value is -2.56. The molecule has 0 aliphatic carbocycles. The quantitative estimate of drug-likeness (QED) is 0.916. The molecule has 26 heavy (non-hydrogen) atoms. The first-order valence-electron chi connectivity index (χ1n) is 9.11. The van der Waals surface area contributed by atoms with Crippen LogP contribution in [0.25, 0.3) is 0 Å². The van der Waals surface area contributed by atoms with Gasteiger partial charge < -0.3 is 14.6 Å². The molecule has 2 heterocycles. The van der Waals surface area contributed by atoms with Crippen molar-refractivity contribution in [1.29, 1.82) is 0 Å². The molecule has 5 heteroatoms. The number of hydrogen-bond acceptors (Lipinski definition) is 3. The van der Waals surface area contributed by atoms with Crippen LogP contribution in [-0.4, -0.2) is 29.8 Å². The molecular weight excluding hydrogens is 328 g/mol. The molecule has 1 aliphatic heterocycles. The van der Waals surface area contributed by atoms with Crippen molar-refractivity contribution in [3.63, 3.8) is 0 Å². The minimum absolute atomic E-state index is 0.00606. The van der Waals surface area contributed by atoms with E-state index in [1.54, 1.807) is 6.92 Å². The number of nitrogens with zero attached hydrogens (tertiary/aromatic N) is 1. The average Bonchev–Trinajstić information content (AvgIpc) is 3.09. The molecule has 1 saturated heterocycles. The fourth-order valence-corrected chi connectivity index (χ4v) is 3.70. The highest BCUT2D eigenvalue weighted by molar-refractivity contribution is 5.89. The highest BCUT2D eigenvalue weighted by Crippen LogP contribution is 2.36. The van der Waals surface area contributed by atoms with Gasteiger partial charge in [0.2, 0.25) is 11.8 Å². The summed E-state index contributed by atoms with van der Waals surface area (Å²) in [5.74, 6) is 1.63. The van der Waals surface area contributed by atoms with Crippen molar-refractivity contribution in [3.8, 4) is 0 Å². The molecule has 1 aromatic heterocycles. The number of amides is 2. The Balaban J connectivity index is 1.84. The predicted molar refractivity (Wildman–Crippen MR) is 99.6 cm³/mol. The summed E-state index contributed by atoms with van der Waals surface area (Å²) in [6.45, 7) is 6.58. The van der Waals surface area contributed by atoms with E-state index in [0.717, 1.165) is 17.1 Å². The van der Waals surface area contributed by atoms with Gasteiger partial charge in [-0.15, -0.1) is 0 Å². The van der Waals surface area contributed by atoms with E-state index in [2.05, 4.69) is 5.32 Å². The molecular formula is C21H26N2O3. The second kappa shape index (κ2) is 7.36. The van der Waals surface area contributed by atoms with Crippen LogP contribution >= 0.6 is 0 Å². The van der Waals surface area contributed by atoms with Gasteiger partial charge in [-0.2, -0.15) is 0 Å². The molecule has 2 aromatic rings. The lowest BCUT2D eigenvalue weighted by Crippen LogP contribution is -2.52. The Kier molecular flexibility index (Phi) is 5.16. The number of piperidine rings is 1. The van der Waals surface area contributed by atoms with Crippen molar-refractivity contribution < 1.29 is 14.0 Å². The van der Waals surface area contributed by atoms with Gasteiger partial charge in [-0.05, 0) is 44.4 Å². The maximum atomic E-state index is 13.3. The van der Waals surface area contributed by atoms with E-state index in [1.165, 1.54) is 0 Å². The lowest BCUT2D eigenvalue weighted by Gasteiger charge is -2.41. The zero-order chi connectivity index (χ0) is 18.7. The van der Waals surface area contributed by atoms with E-state index in [9.17, 15) is 9.59 Å². The van der Waals surface area contributed by atoms with Gasteiger partial charge in [-0.25, -0.2) is 0 Å². The molecule has 1 unspecified atom stereocenters. The molecule has 1 aromatic carbocycles. The van der Waals surface area contributed by atoms with Gasteiger partial charge in [0.25, 0.3) is 0 Å². The van der Waals surface area contributed by atoms with E-state index in [1.807, 2.05) is 61.2 Å². The summed E-state index contributed by atoms with van der Waals surface area (Å²) in [7, 11) is 0. The minimum Gasteiger partial charge on any atom is -0.464 e. The van der Waals surface area contributed by atoms with Crippen molar-refractivity contribution in [2.75, 3.05) is 13.1 Å². The number of likely N-dealkylation sites (tertiary alicyclic amines) is 1. The Morgan fingerprint density at radius 1 is 1.12 bits per heavy atom. The third-order valence-electron chi connectivity index (χ3n) is 5.36. The molecule has 0 radical (unpaired) electrons. The highest BCUT2D eigenvalue weighted by Gasteiger charge is 2.43. The van der Waals surface area contributed by atoms with Gasteiger partial charge in [-0.3, -0.25) is 9.59 Å². The van der Waals surface area contributed by atoms with E-state index in [4.69, 9.17) is 4.42 Å². The molecule has 1 atom stereocenters. The number of nitrogens with one attached hydrogen (secondary N) is 1. The van der Waals surface area contributed by atoms with E-state index >= 15 is 0 Å². The fourth-order valence-electron chi connectivity index (χ4n) is 3.70. The van der Waals surface area contributed by atoms with Crippen LogP contribution in [0.4, 0.5) is 0 Å². The number of carbonyl (C=O) groups is 2. The lowest BCUT2D eigenvalue weighted by atomic mass is 9.71. The Labute approximate surface area is 154 Å². The second-order valence-corrected chi connectivity index (χ2v) is 7.10. The first-order chi connectivity index (χ1) is 12.4. The molecule has 0 bridgehead atoms. The Morgan fingerprint density at radius 2 is 1.77 bits per heavy atom. The summed E-state index contributed by atoms with van der Waals surface area (Å²) in [6.07, 6.45) is 1.23. The SMILES string of the molecule is CC(=O)N1CCC(C(=O)NC(C)c2ccc(C)o2)(c2ccccc2)CC1. The van der Waals surface area contributed by atoms with Crippen LogP contribution in [0.1, 0.15) is 49.8 Å². The third-order valence-corrected chi connectivity index (χ3v) is 5.36. The molecule has 138 valence electrons. The van der Waals surface area contributed by atoms with Gasteiger partial charge >= 0.3 is 0 Å². The minimum atomic E-state index is -0.622. The second-order valence-electron chi connectivity index (χ2n) is 7.10. The molecule has 0 spiro atoms. The summed E-state index contributed by atoms with van der Waals surface area (Å²) in [4.78, 5) is 26.8. The fraction of sp³-hybridized carbons (Fsp3) is 0.429. The molecule has 1 aliphatic rings. The van der Waals surface area contributed by atoms with Crippen LogP contribution in [0.5, 0.6) is 0 Å². The van der Waals surface area contributed by atoms with E-state index in [-0.39, 0.29) is 17.9 Å². The van der Waals surface area contributed by atoms with E-state index < -0.39 is 5.41 Å². The monoisotopic (exact) mass is 354 g/mol. The van der Waals surface area contributed by atoms with E-state index in [0.29, 0.717) is 25.9 Å². The zero-order valence-electron chi connectivity index (χ0n) is 15.6. The van der Waals surface area contributed by atoms with Crippen molar-refractivity contribution in [1.82, 2.24) is 10.2 Å². The van der Waals surface area contributed by atoms with Crippen molar-refractivity contribution in [2.24, 2.45) is 0 Å². The topological polar surface area (TPSA) is 62.6 Å². The van der Waals surface area contributed by atoms with Gasteiger partial charge in [0.15, 0.2) is 0 Å². The maximum Gasteiger partial charge on any atom is 0.231 e. The number of carbonyl (C=O) groups excluding carboxylic acids is 2. The molecule has 1 fully saturated rings. The van der Waals surface area contributed by atoms with Crippen LogP contribution in [0.2, 0.25) is 0 Å². The van der Waals surface area contributed by atoms with Crippen molar-refractivity contribution in [2.45, 2.75) is 45.1 Å². The van der Waals surface area contributed by atoms with Gasteiger partial charge in [0.1, 0.15) is 11.5 Å². The smallest absolute Gasteiger partial charge is 0.231 e.